The number of nitrogens with zero attached hydrogens (tertiary/aromatic N) is 1. The molecule has 0 spiro atoms. The average molecular weight is 374 g/mol. The fraction of sp³-hybridized carbons (Fsp3) is 0.611. The highest BCUT2D eigenvalue weighted by molar-refractivity contribution is 5.85. The first kappa shape index (κ1) is 21.2. The lowest BCUT2D eigenvalue weighted by molar-refractivity contribution is -0.126. The van der Waals surface area contributed by atoms with Crippen LogP contribution in [-0.2, 0) is 17.9 Å². The van der Waals surface area contributed by atoms with Crippen molar-refractivity contribution < 1.29 is 4.79 Å². The highest BCUT2D eigenvalue weighted by Crippen LogP contribution is 2.16. The molecule has 2 fully saturated rings. The summed E-state index contributed by atoms with van der Waals surface area (Å²) in [6.07, 6.45) is 2.66. The summed E-state index contributed by atoms with van der Waals surface area (Å²) >= 11 is 0. The molecule has 3 rings (SSSR count). The van der Waals surface area contributed by atoms with E-state index in [0.29, 0.717) is 12.5 Å². The molecule has 2 aliphatic heterocycles. The van der Waals surface area contributed by atoms with E-state index in [9.17, 15) is 4.79 Å². The van der Waals surface area contributed by atoms with E-state index in [1.807, 2.05) is 6.92 Å². The van der Waals surface area contributed by atoms with Crippen LogP contribution in [0.1, 0.15) is 30.9 Å². The molecule has 1 aromatic rings. The third kappa shape index (κ3) is 5.62. The Bertz CT molecular complexity index is 499. The van der Waals surface area contributed by atoms with E-state index in [1.54, 1.807) is 0 Å². The summed E-state index contributed by atoms with van der Waals surface area (Å²) in [5.41, 5.74) is 2.54. The number of benzene rings is 1. The van der Waals surface area contributed by atoms with Gasteiger partial charge in [0, 0.05) is 19.0 Å². The quantitative estimate of drug-likeness (QED) is 0.805. The van der Waals surface area contributed by atoms with Crippen molar-refractivity contribution in [2.75, 3.05) is 26.2 Å². The van der Waals surface area contributed by atoms with Crippen LogP contribution in [0.2, 0.25) is 0 Å². The topological polar surface area (TPSA) is 44.4 Å². The molecule has 136 valence electrons. The monoisotopic (exact) mass is 373 g/mol. The van der Waals surface area contributed by atoms with Gasteiger partial charge in [-0.2, -0.15) is 0 Å². The van der Waals surface area contributed by atoms with E-state index < -0.39 is 0 Å². The summed E-state index contributed by atoms with van der Waals surface area (Å²) in [6.45, 7) is 8.11. The van der Waals surface area contributed by atoms with E-state index in [1.165, 1.54) is 37.1 Å². The van der Waals surface area contributed by atoms with Gasteiger partial charge in [0.25, 0.3) is 0 Å². The smallest absolute Gasteiger partial charge is 0.223 e. The SMILES string of the molecule is CC(C(=O)NCc1ccc(CN2CCCC2)cc1)C1CNC1.Cl.Cl. The average Bonchev–Trinajstić information content (AvgIpc) is 2.97. The molecule has 0 aliphatic carbocycles. The Hall–Kier alpha value is -0.810. The predicted octanol–water partition coefficient (Wildman–Crippen LogP) is 2.60. The van der Waals surface area contributed by atoms with Crippen LogP contribution < -0.4 is 10.6 Å². The van der Waals surface area contributed by atoms with E-state index in [0.717, 1.165) is 19.6 Å². The van der Waals surface area contributed by atoms with E-state index >= 15 is 0 Å². The molecule has 1 unspecified atom stereocenters. The van der Waals surface area contributed by atoms with Gasteiger partial charge in [-0.15, -0.1) is 24.8 Å². The summed E-state index contributed by atoms with van der Waals surface area (Å²) in [5.74, 6) is 0.783. The van der Waals surface area contributed by atoms with Crippen molar-refractivity contribution in [1.29, 1.82) is 0 Å². The summed E-state index contributed by atoms with van der Waals surface area (Å²) in [4.78, 5) is 14.6. The molecule has 0 radical (unpaired) electrons. The highest BCUT2D eigenvalue weighted by Gasteiger charge is 2.28. The fourth-order valence-corrected chi connectivity index (χ4v) is 3.19. The second kappa shape index (κ2) is 10.2. The number of hydrogen-bond acceptors (Lipinski definition) is 3. The Morgan fingerprint density at radius 1 is 1.17 bits per heavy atom. The van der Waals surface area contributed by atoms with Crippen molar-refractivity contribution >= 4 is 30.7 Å². The van der Waals surface area contributed by atoms with E-state index in [4.69, 9.17) is 0 Å². The molecule has 0 aromatic heterocycles. The second-order valence-corrected chi connectivity index (χ2v) is 6.72. The van der Waals surface area contributed by atoms with Crippen LogP contribution in [0.15, 0.2) is 24.3 Å². The largest absolute Gasteiger partial charge is 0.352 e. The van der Waals surface area contributed by atoms with Crippen LogP contribution >= 0.6 is 24.8 Å². The van der Waals surface area contributed by atoms with Gasteiger partial charge in [0.05, 0.1) is 0 Å². The standard InChI is InChI=1S/C18H27N3O.2ClH/c1-14(17-11-19-12-17)18(22)20-10-15-4-6-16(7-5-15)13-21-8-2-3-9-21;;/h4-7,14,17,19H,2-3,8-13H2,1H3,(H,20,22);2*1H. The molecule has 1 atom stereocenters. The van der Waals surface area contributed by atoms with Gasteiger partial charge < -0.3 is 10.6 Å². The van der Waals surface area contributed by atoms with Crippen LogP contribution in [0.25, 0.3) is 0 Å². The molecule has 4 nitrogen and oxygen atoms in total. The Balaban J connectivity index is 0.00000144. The zero-order chi connectivity index (χ0) is 15.4. The Morgan fingerprint density at radius 3 is 2.29 bits per heavy atom. The summed E-state index contributed by atoms with van der Waals surface area (Å²) < 4.78 is 0. The molecule has 2 aliphatic rings. The van der Waals surface area contributed by atoms with Crippen molar-refractivity contribution in [3.8, 4) is 0 Å². The number of carbonyl (C=O) groups excluding carboxylic acids is 1. The van der Waals surface area contributed by atoms with Crippen LogP contribution in [0.3, 0.4) is 0 Å². The molecule has 1 aromatic carbocycles. The summed E-state index contributed by atoms with van der Waals surface area (Å²) in [7, 11) is 0. The third-order valence-corrected chi connectivity index (χ3v) is 5.03. The molecule has 0 saturated carbocycles. The number of halogens is 2. The van der Waals surface area contributed by atoms with Crippen LogP contribution in [0.4, 0.5) is 0 Å². The van der Waals surface area contributed by atoms with Gasteiger partial charge in [-0.05, 0) is 56.1 Å². The Labute approximate surface area is 157 Å². The molecule has 2 heterocycles. The number of hydrogen-bond donors (Lipinski definition) is 2. The number of likely N-dealkylation sites (tertiary alicyclic amines) is 1. The number of carbonyl (C=O) groups is 1. The van der Waals surface area contributed by atoms with E-state index in [2.05, 4.69) is 39.8 Å². The lowest BCUT2D eigenvalue weighted by Crippen LogP contribution is -2.49. The first-order valence-corrected chi connectivity index (χ1v) is 8.51. The number of rotatable bonds is 6. The molecule has 6 heteroatoms. The van der Waals surface area contributed by atoms with Crippen molar-refractivity contribution in [2.24, 2.45) is 11.8 Å². The minimum absolute atomic E-state index is 0. The maximum atomic E-state index is 12.1. The van der Waals surface area contributed by atoms with Gasteiger partial charge in [0.2, 0.25) is 5.91 Å². The summed E-state index contributed by atoms with van der Waals surface area (Å²) in [6, 6.07) is 8.67. The summed E-state index contributed by atoms with van der Waals surface area (Å²) in [5, 5.41) is 6.29. The van der Waals surface area contributed by atoms with Gasteiger partial charge in [0.15, 0.2) is 0 Å². The van der Waals surface area contributed by atoms with Gasteiger partial charge >= 0.3 is 0 Å². The predicted molar refractivity (Wildman–Crippen MR) is 103 cm³/mol. The number of nitrogens with one attached hydrogen (secondary N) is 2. The molecule has 2 saturated heterocycles. The number of amides is 1. The third-order valence-electron chi connectivity index (χ3n) is 5.03. The molecular formula is C18H29Cl2N3O. The first-order chi connectivity index (χ1) is 10.7. The molecule has 1 amide bonds. The highest BCUT2D eigenvalue weighted by atomic mass is 35.5. The maximum absolute atomic E-state index is 12.1. The van der Waals surface area contributed by atoms with Gasteiger partial charge in [0.1, 0.15) is 0 Å². The first-order valence-electron chi connectivity index (χ1n) is 8.51. The van der Waals surface area contributed by atoms with Crippen LogP contribution in [0, 0.1) is 11.8 Å². The lowest BCUT2D eigenvalue weighted by atomic mass is 9.88. The maximum Gasteiger partial charge on any atom is 0.223 e. The second-order valence-electron chi connectivity index (χ2n) is 6.72. The minimum atomic E-state index is 0. The minimum Gasteiger partial charge on any atom is -0.352 e. The normalized spacial score (nSPS) is 18.9. The molecule has 0 bridgehead atoms. The van der Waals surface area contributed by atoms with Crippen molar-refractivity contribution in [3.63, 3.8) is 0 Å². The fourth-order valence-electron chi connectivity index (χ4n) is 3.19. The molecule has 24 heavy (non-hydrogen) atoms. The van der Waals surface area contributed by atoms with Crippen LogP contribution in [-0.4, -0.2) is 37.0 Å². The van der Waals surface area contributed by atoms with Gasteiger partial charge in [-0.1, -0.05) is 31.2 Å². The van der Waals surface area contributed by atoms with Crippen molar-refractivity contribution in [3.05, 3.63) is 35.4 Å². The molecule has 2 N–H and O–H groups in total. The zero-order valence-corrected chi connectivity index (χ0v) is 15.9. The van der Waals surface area contributed by atoms with Crippen LogP contribution in [0.5, 0.6) is 0 Å². The van der Waals surface area contributed by atoms with Gasteiger partial charge in [-0.3, -0.25) is 9.69 Å². The Morgan fingerprint density at radius 2 is 1.75 bits per heavy atom. The van der Waals surface area contributed by atoms with Crippen molar-refractivity contribution in [2.45, 2.75) is 32.9 Å². The lowest BCUT2D eigenvalue weighted by Gasteiger charge is -2.31. The van der Waals surface area contributed by atoms with Gasteiger partial charge in [-0.25, -0.2) is 0 Å². The van der Waals surface area contributed by atoms with E-state index in [-0.39, 0.29) is 36.6 Å². The Kier molecular flexibility index (Phi) is 9.06. The van der Waals surface area contributed by atoms with Crippen molar-refractivity contribution in [1.82, 2.24) is 15.5 Å². The zero-order valence-electron chi connectivity index (χ0n) is 14.3. The molecular weight excluding hydrogens is 345 g/mol.